The first-order valence-corrected chi connectivity index (χ1v) is 10.4. The molecule has 9 heteroatoms. The van der Waals surface area contributed by atoms with E-state index in [9.17, 15) is 14.4 Å². The van der Waals surface area contributed by atoms with Gasteiger partial charge in [0.1, 0.15) is 10.7 Å². The molecular formula is C22H19Cl2N3O4. The molecule has 0 radical (unpaired) electrons. The molecule has 0 unspecified atom stereocenters. The first kappa shape index (κ1) is 21.4. The summed E-state index contributed by atoms with van der Waals surface area (Å²) in [6.45, 7) is 3.88. The molecule has 2 aromatic carbocycles. The second kappa shape index (κ2) is 8.70. The van der Waals surface area contributed by atoms with Crippen molar-refractivity contribution < 1.29 is 19.1 Å². The number of amides is 3. The molecule has 1 N–H and O–H groups in total. The number of ether oxygens (including phenoxy) is 1. The highest BCUT2D eigenvalue weighted by molar-refractivity contribution is 6.53. The Balaban J connectivity index is 1.60. The molecule has 1 fully saturated rings. The third-order valence-electron chi connectivity index (χ3n) is 5.14. The summed E-state index contributed by atoms with van der Waals surface area (Å²) in [7, 11) is 0. The number of aryl methyl sites for hydroxylation is 1. The Bertz CT molecular complexity index is 1110. The van der Waals surface area contributed by atoms with Gasteiger partial charge in [0.2, 0.25) is 0 Å². The lowest BCUT2D eigenvalue weighted by molar-refractivity contribution is -0.120. The third-order valence-corrected chi connectivity index (χ3v) is 5.72. The quantitative estimate of drug-likeness (QED) is 0.707. The second-order valence-electron chi connectivity index (χ2n) is 7.17. The lowest BCUT2D eigenvalue weighted by Crippen LogP contribution is -2.40. The average molecular weight is 460 g/mol. The normalized spacial score (nSPS) is 16.9. The minimum atomic E-state index is -0.644. The van der Waals surface area contributed by atoms with Crippen LogP contribution in [0.1, 0.15) is 15.9 Å². The number of carbonyl (C=O) groups is 3. The van der Waals surface area contributed by atoms with Crippen molar-refractivity contribution in [2.45, 2.75) is 6.92 Å². The van der Waals surface area contributed by atoms with Crippen LogP contribution in [0.15, 0.2) is 53.2 Å². The first-order valence-electron chi connectivity index (χ1n) is 9.65. The summed E-state index contributed by atoms with van der Waals surface area (Å²) in [5.41, 5.74) is 2.05. The van der Waals surface area contributed by atoms with E-state index in [2.05, 4.69) is 5.32 Å². The molecule has 2 heterocycles. The van der Waals surface area contributed by atoms with Crippen LogP contribution in [0.25, 0.3) is 0 Å². The summed E-state index contributed by atoms with van der Waals surface area (Å²) >= 11 is 12.2. The number of rotatable bonds is 4. The van der Waals surface area contributed by atoms with Gasteiger partial charge < -0.3 is 15.0 Å². The highest BCUT2D eigenvalue weighted by Crippen LogP contribution is 2.32. The molecule has 4 rings (SSSR count). The summed E-state index contributed by atoms with van der Waals surface area (Å²) in [5, 5.41) is 3.12. The number of hydrogen-bond donors (Lipinski definition) is 1. The molecule has 0 bridgehead atoms. The van der Waals surface area contributed by atoms with Crippen LogP contribution in [0.2, 0.25) is 5.02 Å². The number of benzene rings is 2. The standard InChI is InChI=1S/C22H19Cl2N3O4/c1-13-5-6-14(20(28)26-7-9-31-10-8-26)11-17(13)25-19-18(24)21(29)27(22(19)30)16-4-2-3-15(23)12-16/h2-6,11-12,25H,7-10H2,1H3. The van der Waals surface area contributed by atoms with Gasteiger partial charge in [-0.3, -0.25) is 14.4 Å². The Labute approximate surface area is 189 Å². The van der Waals surface area contributed by atoms with Crippen LogP contribution in [-0.4, -0.2) is 48.9 Å². The summed E-state index contributed by atoms with van der Waals surface area (Å²) in [5.74, 6) is -1.36. The molecule has 2 aliphatic rings. The highest BCUT2D eigenvalue weighted by atomic mass is 35.5. The maximum absolute atomic E-state index is 13.0. The smallest absolute Gasteiger partial charge is 0.283 e. The Morgan fingerprint density at radius 2 is 1.77 bits per heavy atom. The number of carbonyl (C=O) groups excluding carboxylic acids is 3. The number of nitrogens with one attached hydrogen (secondary N) is 1. The van der Waals surface area contributed by atoms with Gasteiger partial charge in [-0.2, -0.15) is 0 Å². The molecule has 2 aliphatic heterocycles. The van der Waals surface area contributed by atoms with E-state index >= 15 is 0 Å². The largest absolute Gasteiger partial charge is 0.378 e. The lowest BCUT2D eigenvalue weighted by Gasteiger charge is -2.27. The van der Waals surface area contributed by atoms with E-state index in [0.29, 0.717) is 48.3 Å². The van der Waals surface area contributed by atoms with Crippen LogP contribution in [0.3, 0.4) is 0 Å². The molecule has 3 amide bonds. The van der Waals surface area contributed by atoms with E-state index in [1.54, 1.807) is 41.3 Å². The molecule has 160 valence electrons. The van der Waals surface area contributed by atoms with Crippen LogP contribution in [0, 0.1) is 6.92 Å². The Hall–Kier alpha value is -2.87. The maximum atomic E-state index is 13.0. The third kappa shape index (κ3) is 4.17. The van der Waals surface area contributed by atoms with Crippen molar-refractivity contribution in [3.63, 3.8) is 0 Å². The molecule has 1 saturated heterocycles. The second-order valence-corrected chi connectivity index (χ2v) is 7.99. The average Bonchev–Trinajstić information content (AvgIpc) is 2.98. The van der Waals surface area contributed by atoms with Crippen molar-refractivity contribution in [1.82, 2.24) is 4.90 Å². The van der Waals surface area contributed by atoms with Crippen LogP contribution >= 0.6 is 23.2 Å². The van der Waals surface area contributed by atoms with Crippen molar-refractivity contribution >= 4 is 52.3 Å². The zero-order valence-corrected chi connectivity index (χ0v) is 18.2. The molecule has 0 aliphatic carbocycles. The highest BCUT2D eigenvalue weighted by Gasteiger charge is 2.39. The number of morpholine rings is 1. The van der Waals surface area contributed by atoms with Gasteiger partial charge in [-0.15, -0.1) is 0 Å². The molecule has 0 atom stereocenters. The fourth-order valence-corrected chi connectivity index (χ4v) is 3.83. The predicted octanol–water partition coefficient (Wildman–Crippen LogP) is 3.56. The monoisotopic (exact) mass is 459 g/mol. The summed E-state index contributed by atoms with van der Waals surface area (Å²) in [6, 6.07) is 11.6. The predicted molar refractivity (Wildman–Crippen MR) is 118 cm³/mol. The van der Waals surface area contributed by atoms with E-state index in [1.807, 2.05) is 6.92 Å². The topological polar surface area (TPSA) is 79.0 Å². The van der Waals surface area contributed by atoms with Crippen molar-refractivity contribution in [3.8, 4) is 0 Å². The van der Waals surface area contributed by atoms with E-state index in [4.69, 9.17) is 27.9 Å². The van der Waals surface area contributed by atoms with Crippen LogP contribution < -0.4 is 10.2 Å². The van der Waals surface area contributed by atoms with Gasteiger partial charge in [-0.25, -0.2) is 4.90 Å². The number of halogens is 2. The van der Waals surface area contributed by atoms with Crippen molar-refractivity contribution in [1.29, 1.82) is 0 Å². The SMILES string of the molecule is Cc1ccc(C(=O)N2CCOCC2)cc1NC1=C(Cl)C(=O)N(c2cccc(Cl)c2)C1=O. The molecule has 7 nitrogen and oxygen atoms in total. The summed E-state index contributed by atoms with van der Waals surface area (Å²) in [6.07, 6.45) is 0. The number of anilines is 2. The Kier molecular flexibility index (Phi) is 6.00. The van der Waals surface area contributed by atoms with Crippen LogP contribution in [0.4, 0.5) is 11.4 Å². The van der Waals surface area contributed by atoms with E-state index in [0.717, 1.165) is 10.5 Å². The number of imide groups is 1. The van der Waals surface area contributed by atoms with Gasteiger partial charge in [0.25, 0.3) is 17.7 Å². The molecule has 0 spiro atoms. The fourth-order valence-electron chi connectivity index (χ4n) is 3.43. The van der Waals surface area contributed by atoms with E-state index in [-0.39, 0.29) is 16.6 Å². The molecule has 31 heavy (non-hydrogen) atoms. The zero-order valence-electron chi connectivity index (χ0n) is 16.7. The summed E-state index contributed by atoms with van der Waals surface area (Å²) in [4.78, 5) is 41.1. The molecular weight excluding hydrogens is 441 g/mol. The van der Waals surface area contributed by atoms with Gasteiger partial charge >= 0.3 is 0 Å². The maximum Gasteiger partial charge on any atom is 0.283 e. The Morgan fingerprint density at radius 1 is 1.03 bits per heavy atom. The summed E-state index contributed by atoms with van der Waals surface area (Å²) < 4.78 is 5.30. The van der Waals surface area contributed by atoms with Gasteiger partial charge in [0, 0.05) is 29.4 Å². The van der Waals surface area contributed by atoms with Crippen molar-refractivity contribution in [2.24, 2.45) is 0 Å². The van der Waals surface area contributed by atoms with Gasteiger partial charge in [-0.1, -0.05) is 35.3 Å². The van der Waals surface area contributed by atoms with Crippen LogP contribution in [-0.2, 0) is 14.3 Å². The van der Waals surface area contributed by atoms with E-state index in [1.165, 1.54) is 6.07 Å². The van der Waals surface area contributed by atoms with Gasteiger partial charge in [0.15, 0.2) is 0 Å². The Morgan fingerprint density at radius 3 is 2.48 bits per heavy atom. The van der Waals surface area contributed by atoms with Gasteiger partial charge in [-0.05, 0) is 42.8 Å². The van der Waals surface area contributed by atoms with Gasteiger partial charge in [0.05, 0.1) is 18.9 Å². The van der Waals surface area contributed by atoms with Crippen molar-refractivity contribution in [2.75, 3.05) is 36.5 Å². The minimum Gasteiger partial charge on any atom is -0.378 e. The number of hydrogen-bond acceptors (Lipinski definition) is 5. The minimum absolute atomic E-state index is 0.0503. The van der Waals surface area contributed by atoms with E-state index < -0.39 is 11.8 Å². The fraction of sp³-hybridized carbons (Fsp3) is 0.227. The number of nitrogens with zero attached hydrogens (tertiary/aromatic N) is 2. The molecule has 0 saturated carbocycles. The first-order chi connectivity index (χ1) is 14.9. The molecule has 0 aromatic heterocycles. The zero-order chi connectivity index (χ0) is 22.1. The molecule has 2 aromatic rings. The van der Waals surface area contributed by atoms with Crippen LogP contribution in [0.5, 0.6) is 0 Å². The van der Waals surface area contributed by atoms with Crippen molar-refractivity contribution in [3.05, 3.63) is 69.3 Å². The lowest BCUT2D eigenvalue weighted by atomic mass is 10.1.